The van der Waals surface area contributed by atoms with Gasteiger partial charge in [0.25, 0.3) is 11.3 Å². The minimum atomic E-state index is -2.08. The molecule has 68 valence electrons. The van der Waals surface area contributed by atoms with E-state index in [1.807, 2.05) is 0 Å². The van der Waals surface area contributed by atoms with Crippen molar-refractivity contribution in [2.75, 3.05) is 0 Å². The van der Waals surface area contributed by atoms with Crippen LogP contribution in [0.2, 0.25) is 0 Å². The van der Waals surface area contributed by atoms with E-state index >= 15 is 0 Å². The number of fused-ring (bicyclic) bond motifs is 1. The number of halogens is 1. The van der Waals surface area contributed by atoms with E-state index in [4.69, 9.17) is 4.55 Å². The minimum absolute atomic E-state index is 0.353. The Morgan fingerprint density at radius 1 is 1.38 bits per heavy atom. The van der Waals surface area contributed by atoms with Crippen molar-refractivity contribution in [3.63, 3.8) is 0 Å². The summed E-state index contributed by atoms with van der Waals surface area (Å²) < 4.78 is 33.4. The molecule has 0 aliphatic rings. The van der Waals surface area contributed by atoms with Crippen molar-refractivity contribution < 1.29 is 13.2 Å². The lowest BCUT2D eigenvalue weighted by atomic mass is 10.2. The SMILES string of the molecule is O=S(O)n1ccc2cc(F)ccc21. The third kappa shape index (κ3) is 1.36. The van der Waals surface area contributed by atoms with E-state index in [1.165, 1.54) is 24.4 Å². The Balaban J connectivity index is 2.76. The fourth-order valence-electron chi connectivity index (χ4n) is 1.22. The lowest BCUT2D eigenvalue weighted by molar-refractivity contribution is 0.556. The maximum atomic E-state index is 12.7. The molecule has 0 radical (unpaired) electrons. The molecule has 0 bridgehead atoms. The first-order valence-corrected chi connectivity index (χ1v) is 4.63. The quantitative estimate of drug-likeness (QED) is 0.711. The first kappa shape index (κ1) is 8.40. The van der Waals surface area contributed by atoms with Crippen molar-refractivity contribution in [1.82, 2.24) is 3.97 Å². The zero-order chi connectivity index (χ0) is 9.42. The van der Waals surface area contributed by atoms with Crippen LogP contribution in [0, 0.1) is 5.82 Å². The van der Waals surface area contributed by atoms with E-state index in [0.717, 1.165) is 3.97 Å². The second-order valence-electron chi connectivity index (χ2n) is 2.58. The van der Waals surface area contributed by atoms with Gasteiger partial charge in [0.2, 0.25) is 0 Å². The first-order valence-electron chi connectivity index (χ1n) is 3.56. The van der Waals surface area contributed by atoms with Gasteiger partial charge in [0.05, 0.1) is 5.52 Å². The van der Waals surface area contributed by atoms with Crippen molar-refractivity contribution in [1.29, 1.82) is 0 Å². The summed E-state index contributed by atoms with van der Waals surface area (Å²) in [7, 11) is 0. The van der Waals surface area contributed by atoms with Crippen LogP contribution in [0.15, 0.2) is 30.5 Å². The molecule has 0 fully saturated rings. The van der Waals surface area contributed by atoms with Gasteiger partial charge in [-0.25, -0.2) is 12.6 Å². The number of benzene rings is 1. The normalized spacial score (nSPS) is 13.4. The molecule has 2 aromatic rings. The summed E-state index contributed by atoms with van der Waals surface area (Å²) in [5.41, 5.74) is 0.544. The highest BCUT2D eigenvalue weighted by atomic mass is 32.2. The van der Waals surface area contributed by atoms with Gasteiger partial charge in [-0.15, -0.1) is 0 Å². The molecule has 1 atom stereocenters. The molecular formula is C8H6FNO2S. The fourth-order valence-corrected chi connectivity index (χ4v) is 1.72. The molecule has 0 spiro atoms. The van der Waals surface area contributed by atoms with Crippen LogP contribution in [0.4, 0.5) is 4.39 Å². The summed E-state index contributed by atoms with van der Waals surface area (Å²) >= 11 is -2.08. The van der Waals surface area contributed by atoms with Crippen molar-refractivity contribution in [3.8, 4) is 0 Å². The third-order valence-corrected chi connectivity index (χ3v) is 2.44. The highest BCUT2D eigenvalue weighted by Gasteiger charge is 2.04. The van der Waals surface area contributed by atoms with Crippen LogP contribution in [0.25, 0.3) is 10.9 Å². The van der Waals surface area contributed by atoms with E-state index in [2.05, 4.69) is 0 Å². The molecule has 1 aromatic heterocycles. The summed E-state index contributed by atoms with van der Waals surface area (Å²) in [4.78, 5) is 0. The topological polar surface area (TPSA) is 42.2 Å². The summed E-state index contributed by atoms with van der Waals surface area (Å²) in [6, 6.07) is 5.63. The molecule has 0 amide bonds. The van der Waals surface area contributed by atoms with Crippen LogP contribution in [-0.2, 0) is 11.3 Å². The first-order chi connectivity index (χ1) is 6.18. The average molecular weight is 199 g/mol. The van der Waals surface area contributed by atoms with Gasteiger partial charge in [0, 0.05) is 11.6 Å². The van der Waals surface area contributed by atoms with Crippen LogP contribution < -0.4 is 0 Å². The lowest BCUT2D eigenvalue weighted by Gasteiger charge is -1.97. The average Bonchev–Trinajstić information content (AvgIpc) is 2.46. The van der Waals surface area contributed by atoms with E-state index in [-0.39, 0.29) is 5.82 Å². The smallest absolute Gasteiger partial charge is 0.266 e. The van der Waals surface area contributed by atoms with E-state index in [1.54, 1.807) is 6.07 Å². The Bertz CT molecular complexity index is 480. The number of aromatic nitrogens is 1. The molecule has 0 aliphatic carbocycles. The minimum Gasteiger partial charge on any atom is -0.289 e. The number of nitrogens with zero attached hydrogens (tertiary/aromatic N) is 1. The molecule has 0 saturated carbocycles. The van der Waals surface area contributed by atoms with Gasteiger partial charge >= 0.3 is 0 Å². The molecule has 1 N–H and O–H groups in total. The largest absolute Gasteiger partial charge is 0.289 e. The van der Waals surface area contributed by atoms with Crippen LogP contribution in [-0.4, -0.2) is 12.7 Å². The molecular weight excluding hydrogens is 193 g/mol. The predicted octanol–water partition coefficient (Wildman–Crippen LogP) is 1.77. The van der Waals surface area contributed by atoms with E-state index < -0.39 is 11.3 Å². The van der Waals surface area contributed by atoms with Gasteiger partial charge in [0.15, 0.2) is 0 Å². The highest BCUT2D eigenvalue weighted by Crippen LogP contribution is 2.17. The molecule has 3 nitrogen and oxygen atoms in total. The Kier molecular flexibility index (Phi) is 1.90. The van der Waals surface area contributed by atoms with Crippen molar-refractivity contribution in [2.45, 2.75) is 0 Å². The Hall–Kier alpha value is -1.20. The standard InChI is InChI=1S/C8H6FNO2S/c9-7-1-2-8-6(5-7)3-4-10(8)13(11)12/h1-5H,(H,11,12). The van der Waals surface area contributed by atoms with Gasteiger partial charge in [-0.1, -0.05) is 0 Å². The monoisotopic (exact) mass is 199 g/mol. The molecule has 5 heteroatoms. The van der Waals surface area contributed by atoms with Gasteiger partial charge in [-0.05, 0) is 24.3 Å². The molecule has 1 unspecified atom stereocenters. The van der Waals surface area contributed by atoms with E-state index in [9.17, 15) is 8.60 Å². The summed E-state index contributed by atoms with van der Waals surface area (Å²) in [6.07, 6.45) is 1.44. The van der Waals surface area contributed by atoms with Gasteiger partial charge in [-0.3, -0.25) is 4.55 Å². The summed E-state index contributed by atoms with van der Waals surface area (Å²) in [5.74, 6) is -0.353. The van der Waals surface area contributed by atoms with Crippen LogP contribution in [0.5, 0.6) is 0 Å². The maximum Gasteiger partial charge on any atom is 0.266 e. The number of hydrogen-bond donors (Lipinski definition) is 1. The second kappa shape index (κ2) is 2.93. The fraction of sp³-hybridized carbons (Fsp3) is 0. The summed E-state index contributed by atoms with van der Waals surface area (Å²) in [5, 5.41) is 0.613. The molecule has 1 aromatic carbocycles. The van der Waals surface area contributed by atoms with Gasteiger partial charge in [0.1, 0.15) is 5.82 Å². The predicted molar refractivity (Wildman–Crippen MR) is 48.1 cm³/mol. The van der Waals surface area contributed by atoms with Crippen LogP contribution in [0.1, 0.15) is 0 Å². The Morgan fingerprint density at radius 2 is 2.15 bits per heavy atom. The Labute approximate surface area is 76.2 Å². The summed E-state index contributed by atoms with van der Waals surface area (Å²) in [6.45, 7) is 0. The van der Waals surface area contributed by atoms with Crippen LogP contribution >= 0.6 is 0 Å². The highest BCUT2D eigenvalue weighted by molar-refractivity contribution is 7.77. The maximum absolute atomic E-state index is 12.7. The van der Waals surface area contributed by atoms with E-state index in [0.29, 0.717) is 10.9 Å². The van der Waals surface area contributed by atoms with Gasteiger partial charge < -0.3 is 0 Å². The van der Waals surface area contributed by atoms with Crippen molar-refractivity contribution in [3.05, 3.63) is 36.3 Å². The number of hydrogen-bond acceptors (Lipinski definition) is 1. The van der Waals surface area contributed by atoms with Crippen LogP contribution in [0.3, 0.4) is 0 Å². The number of rotatable bonds is 1. The van der Waals surface area contributed by atoms with Crippen molar-refractivity contribution >= 4 is 22.2 Å². The zero-order valence-corrected chi connectivity index (χ0v) is 7.29. The van der Waals surface area contributed by atoms with Crippen molar-refractivity contribution in [2.24, 2.45) is 0 Å². The lowest BCUT2D eigenvalue weighted by Crippen LogP contribution is -1.99. The second-order valence-corrected chi connectivity index (χ2v) is 3.43. The molecule has 2 rings (SSSR count). The van der Waals surface area contributed by atoms with Gasteiger partial charge in [-0.2, -0.15) is 0 Å². The molecule has 0 saturated heterocycles. The molecule has 13 heavy (non-hydrogen) atoms. The molecule has 1 heterocycles. The Morgan fingerprint density at radius 3 is 2.85 bits per heavy atom. The zero-order valence-electron chi connectivity index (χ0n) is 6.48. The third-order valence-electron chi connectivity index (χ3n) is 1.78. The molecule has 0 aliphatic heterocycles.